The first kappa shape index (κ1) is 28.7. The minimum atomic E-state index is -1.10. The Morgan fingerprint density at radius 1 is 0.864 bits per heavy atom. The molecule has 0 aliphatic carbocycles. The van der Waals surface area contributed by atoms with Gasteiger partial charge in [0.25, 0.3) is 5.91 Å². The molecule has 0 bridgehead atoms. The molecule has 0 unspecified atom stereocenters. The lowest BCUT2D eigenvalue weighted by molar-refractivity contribution is 0.0672. The number of aryl methyl sites for hydroxylation is 2. The van der Waals surface area contributed by atoms with Gasteiger partial charge >= 0.3 is 5.97 Å². The number of rotatable bonds is 8. The lowest BCUT2D eigenvalue weighted by Crippen LogP contribution is -2.44. The third-order valence-electron chi connectivity index (χ3n) is 8.03. The molecular formula is C35H33N5O4. The molecule has 6 rings (SSSR count). The molecule has 9 heteroatoms. The maximum atomic E-state index is 14.2. The van der Waals surface area contributed by atoms with Crippen LogP contribution in [0.3, 0.4) is 0 Å². The Hall–Kier alpha value is -5.44. The zero-order valence-corrected chi connectivity index (χ0v) is 25.0. The number of amides is 1. The van der Waals surface area contributed by atoms with Crippen molar-refractivity contribution in [2.45, 2.75) is 33.2 Å². The van der Waals surface area contributed by atoms with Gasteiger partial charge in [-0.1, -0.05) is 18.2 Å². The van der Waals surface area contributed by atoms with Crippen molar-refractivity contribution in [1.29, 1.82) is 0 Å². The second kappa shape index (κ2) is 11.3. The summed E-state index contributed by atoms with van der Waals surface area (Å²) in [5, 5.41) is 22.3. The molecule has 222 valence electrons. The van der Waals surface area contributed by atoms with Crippen LogP contribution >= 0.6 is 0 Å². The standard InChI is InChI=1S/C35H33N5O4/c1-5-36-29-19-31-27(17-21(29)3)35(28-18-22(4)30(37-6-2)20-32(28)44-31)26-10-8-7-9-25(26)33(41)40(35)39-16-15-38-24-13-11-23(12-14-24)34(42)43/h7-20,36-37H,5-6H2,1-4H3,(H,42,43). The summed E-state index contributed by atoms with van der Waals surface area (Å²) in [6.45, 7) is 9.68. The van der Waals surface area contributed by atoms with E-state index in [2.05, 4.69) is 27.8 Å². The molecule has 9 nitrogen and oxygen atoms in total. The number of aliphatic imine (C=N–C) groups is 1. The Balaban J connectivity index is 1.55. The van der Waals surface area contributed by atoms with Gasteiger partial charge in [-0.3, -0.25) is 9.79 Å². The number of fused-ring (bicyclic) bond motifs is 6. The van der Waals surface area contributed by atoms with Gasteiger partial charge in [0.05, 0.1) is 17.5 Å². The predicted octanol–water partition coefficient (Wildman–Crippen LogP) is 7.11. The molecule has 2 aliphatic heterocycles. The Morgan fingerprint density at radius 3 is 2.02 bits per heavy atom. The molecule has 4 aromatic carbocycles. The van der Waals surface area contributed by atoms with Crippen molar-refractivity contribution in [2.24, 2.45) is 10.1 Å². The number of hydrogen-bond donors (Lipinski definition) is 3. The van der Waals surface area contributed by atoms with Crippen LogP contribution in [0.2, 0.25) is 0 Å². The van der Waals surface area contributed by atoms with Crippen LogP contribution in [0.15, 0.2) is 82.9 Å². The predicted molar refractivity (Wildman–Crippen MR) is 173 cm³/mol. The van der Waals surface area contributed by atoms with Gasteiger partial charge in [-0.15, -0.1) is 0 Å². The molecule has 3 N–H and O–H groups in total. The molecular weight excluding hydrogens is 554 g/mol. The normalized spacial score (nSPS) is 14.5. The van der Waals surface area contributed by atoms with Gasteiger partial charge in [0.2, 0.25) is 0 Å². The van der Waals surface area contributed by atoms with E-state index in [0.717, 1.165) is 52.3 Å². The Morgan fingerprint density at radius 2 is 1.45 bits per heavy atom. The molecule has 1 amide bonds. The molecule has 0 saturated heterocycles. The van der Waals surface area contributed by atoms with Crippen LogP contribution in [-0.2, 0) is 5.54 Å². The van der Waals surface area contributed by atoms with Gasteiger partial charge in [0, 0.05) is 65.1 Å². The first-order chi connectivity index (χ1) is 21.3. The molecule has 44 heavy (non-hydrogen) atoms. The zero-order chi connectivity index (χ0) is 31.0. The van der Waals surface area contributed by atoms with Crippen LogP contribution in [-0.4, -0.2) is 47.5 Å². The molecule has 0 atom stereocenters. The smallest absolute Gasteiger partial charge is 0.335 e. The Bertz CT molecular complexity index is 1780. The molecule has 0 radical (unpaired) electrons. The summed E-state index contributed by atoms with van der Waals surface area (Å²) in [4.78, 5) is 29.8. The number of carboxylic acid groups (broad SMARTS) is 1. The molecule has 0 saturated carbocycles. The first-order valence-electron chi connectivity index (χ1n) is 14.6. The second-order valence-electron chi connectivity index (χ2n) is 10.8. The number of hydrogen-bond acceptors (Lipinski definition) is 7. The summed E-state index contributed by atoms with van der Waals surface area (Å²) in [6, 6.07) is 22.0. The monoisotopic (exact) mass is 587 g/mol. The molecule has 0 fully saturated rings. The van der Waals surface area contributed by atoms with Gasteiger partial charge in [-0.05, 0) is 81.3 Å². The van der Waals surface area contributed by atoms with Crippen molar-refractivity contribution < 1.29 is 19.4 Å². The Kier molecular flexibility index (Phi) is 7.38. The average Bonchev–Trinajstić information content (AvgIpc) is 3.26. The number of benzene rings is 4. The number of anilines is 2. The topological polar surface area (TPSA) is 116 Å². The molecule has 0 aromatic heterocycles. The fourth-order valence-electron chi connectivity index (χ4n) is 6.06. The first-order valence-corrected chi connectivity index (χ1v) is 14.6. The van der Waals surface area contributed by atoms with Crippen LogP contribution < -0.4 is 15.4 Å². The second-order valence-corrected chi connectivity index (χ2v) is 10.8. The fourth-order valence-corrected chi connectivity index (χ4v) is 6.06. The minimum absolute atomic E-state index is 0.178. The van der Waals surface area contributed by atoms with Crippen molar-refractivity contribution in [3.8, 4) is 11.5 Å². The number of aromatic carboxylic acids is 1. The largest absolute Gasteiger partial charge is 0.478 e. The van der Waals surface area contributed by atoms with Crippen LogP contribution in [0.5, 0.6) is 11.5 Å². The van der Waals surface area contributed by atoms with E-state index in [1.165, 1.54) is 29.6 Å². The van der Waals surface area contributed by atoms with E-state index in [4.69, 9.17) is 9.84 Å². The third-order valence-corrected chi connectivity index (χ3v) is 8.03. The van der Waals surface area contributed by atoms with Crippen molar-refractivity contribution >= 4 is 41.4 Å². The summed E-state index contributed by atoms with van der Waals surface area (Å²) in [5.41, 5.74) is 6.60. The maximum absolute atomic E-state index is 14.2. The number of ether oxygens (including phenoxy) is 1. The van der Waals surface area contributed by atoms with Crippen molar-refractivity contribution in [1.82, 2.24) is 5.01 Å². The van der Waals surface area contributed by atoms with Gasteiger partial charge < -0.3 is 20.5 Å². The van der Waals surface area contributed by atoms with Crippen LogP contribution in [0.25, 0.3) is 0 Å². The number of nitrogens with zero attached hydrogens (tertiary/aromatic N) is 3. The van der Waals surface area contributed by atoms with E-state index in [1.54, 1.807) is 12.1 Å². The van der Waals surface area contributed by atoms with E-state index in [1.807, 2.05) is 64.1 Å². The van der Waals surface area contributed by atoms with E-state index in [-0.39, 0.29) is 11.5 Å². The highest BCUT2D eigenvalue weighted by Crippen LogP contribution is 2.58. The SMILES string of the molecule is CCNc1cc2c(cc1C)C1(c3cc(C)c(NCC)cc3O2)c2ccccc2C(=O)N1N=CC=Nc1ccc(C(=O)O)cc1. The average molecular weight is 588 g/mol. The van der Waals surface area contributed by atoms with Crippen molar-refractivity contribution in [2.75, 3.05) is 23.7 Å². The quantitative estimate of drug-likeness (QED) is 0.189. The summed E-state index contributed by atoms with van der Waals surface area (Å²) < 4.78 is 6.62. The van der Waals surface area contributed by atoms with Crippen molar-refractivity contribution in [3.05, 3.63) is 112 Å². The highest BCUT2D eigenvalue weighted by molar-refractivity contribution is 6.17. The number of hydrazone groups is 1. The van der Waals surface area contributed by atoms with Crippen LogP contribution in [0.4, 0.5) is 17.1 Å². The number of carbonyl (C=O) groups excluding carboxylic acids is 1. The van der Waals surface area contributed by atoms with Gasteiger partial charge in [0.15, 0.2) is 0 Å². The molecule has 4 aromatic rings. The number of nitrogens with one attached hydrogen (secondary N) is 2. The van der Waals surface area contributed by atoms with Gasteiger partial charge in [0.1, 0.15) is 17.0 Å². The molecule has 2 heterocycles. The third kappa shape index (κ3) is 4.57. The van der Waals surface area contributed by atoms with E-state index < -0.39 is 11.5 Å². The maximum Gasteiger partial charge on any atom is 0.335 e. The van der Waals surface area contributed by atoms with Crippen molar-refractivity contribution in [3.63, 3.8) is 0 Å². The molecule has 2 aliphatic rings. The lowest BCUT2D eigenvalue weighted by Gasteiger charge is -2.42. The summed E-state index contributed by atoms with van der Waals surface area (Å²) >= 11 is 0. The lowest BCUT2D eigenvalue weighted by atomic mass is 9.74. The Labute approximate surface area is 255 Å². The highest BCUT2D eigenvalue weighted by atomic mass is 16.5. The number of carboxylic acids is 1. The fraction of sp³-hybridized carbons (Fsp3) is 0.200. The van der Waals surface area contributed by atoms with Crippen LogP contribution in [0, 0.1) is 13.8 Å². The number of carbonyl (C=O) groups is 2. The molecule has 1 spiro atoms. The summed E-state index contributed by atoms with van der Waals surface area (Å²) in [7, 11) is 0. The zero-order valence-electron chi connectivity index (χ0n) is 25.0. The summed E-state index contributed by atoms with van der Waals surface area (Å²) in [6.07, 6.45) is 2.99. The van der Waals surface area contributed by atoms with E-state index >= 15 is 0 Å². The van der Waals surface area contributed by atoms with Gasteiger partial charge in [-0.2, -0.15) is 5.10 Å². The summed E-state index contributed by atoms with van der Waals surface area (Å²) in [5.74, 6) is 0.0402. The van der Waals surface area contributed by atoms with Gasteiger partial charge in [-0.25, -0.2) is 9.80 Å². The van der Waals surface area contributed by atoms with E-state index in [0.29, 0.717) is 22.7 Å². The highest BCUT2D eigenvalue weighted by Gasteiger charge is 2.57. The minimum Gasteiger partial charge on any atom is -0.478 e. The van der Waals surface area contributed by atoms with E-state index in [9.17, 15) is 14.7 Å². The van der Waals surface area contributed by atoms with Crippen LogP contribution in [0.1, 0.15) is 62.4 Å².